The molecule has 0 fully saturated rings. The highest BCUT2D eigenvalue weighted by Gasteiger charge is 1.79. The summed E-state index contributed by atoms with van der Waals surface area (Å²) < 4.78 is 4.43. The lowest BCUT2D eigenvalue weighted by atomic mass is 10.6. The number of aliphatic hydroxyl groups excluding tert-OH is 1. The zero-order valence-corrected chi connectivity index (χ0v) is 5.59. The third-order valence-corrected chi connectivity index (χ3v) is 0.711. The van der Waals surface area contributed by atoms with Crippen molar-refractivity contribution in [1.29, 1.82) is 0 Å². The predicted octanol–water partition coefficient (Wildman–Crippen LogP) is 0.765. The zero-order chi connectivity index (χ0) is 7.11. The zero-order valence-electron chi connectivity index (χ0n) is 5.59. The van der Waals surface area contributed by atoms with E-state index >= 15 is 0 Å². The highest BCUT2D eigenvalue weighted by Crippen LogP contribution is 1.86. The van der Waals surface area contributed by atoms with Gasteiger partial charge in [0.15, 0.2) is 0 Å². The molecule has 0 aromatic heterocycles. The summed E-state index contributed by atoms with van der Waals surface area (Å²) in [6, 6.07) is 0. The summed E-state index contributed by atoms with van der Waals surface area (Å²) >= 11 is 0. The molecule has 0 bridgehead atoms. The van der Waals surface area contributed by atoms with Gasteiger partial charge in [-0.15, -0.1) is 0 Å². The molecule has 0 saturated heterocycles. The van der Waals surface area contributed by atoms with E-state index in [0.717, 1.165) is 0 Å². The van der Waals surface area contributed by atoms with Crippen molar-refractivity contribution in [3.8, 4) is 0 Å². The number of methoxy groups -OCH3 is 1. The van der Waals surface area contributed by atoms with Crippen LogP contribution in [0.15, 0.2) is 24.3 Å². The van der Waals surface area contributed by atoms with Gasteiger partial charge in [0.25, 0.3) is 5.95 Å². The van der Waals surface area contributed by atoms with Gasteiger partial charge in [-0.1, -0.05) is 0 Å². The van der Waals surface area contributed by atoms with E-state index < -0.39 is 0 Å². The average Bonchev–Trinajstić information content (AvgIpc) is 1.89. The minimum atomic E-state index is -0.0958. The first-order valence-corrected chi connectivity index (χ1v) is 2.58. The van der Waals surface area contributed by atoms with Gasteiger partial charge in [0.1, 0.15) is 0 Å². The molecule has 0 spiro atoms. The molecule has 0 heterocycles. The number of hydrogen-bond donors (Lipinski definition) is 2. The van der Waals surface area contributed by atoms with E-state index in [0.29, 0.717) is 0 Å². The van der Waals surface area contributed by atoms with E-state index in [2.05, 4.69) is 10.1 Å². The highest BCUT2D eigenvalue weighted by molar-refractivity contribution is 5.01. The number of hydrogen-bond acceptors (Lipinski definition) is 3. The fraction of sp³-hybridized carbons (Fsp3) is 0.333. The second kappa shape index (κ2) is 5.03. The Bertz CT molecular complexity index is 118. The maximum Gasteiger partial charge on any atom is 0.276 e. The van der Waals surface area contributed by atoms with Gasteiger partial charge in [0, 0.05) is 13.1 Å². The lowest BCUT2D eigenvalue weighted by molar-refractivity contribution is 0.136. The first-order chi connectivity index (χ1) is 4.31. The normalized spacial score (nSPS) is 12.0. The molecule has 0 aliphatic carbocycles. The van der Waals surface area contributed by atoms with Crippen molar-refractivity contribution in [1.82, 2.24) is 5.32 Å². The number of ether oxygens (including phenoxy) is 1. The van der Waals surface area contributed by atoms with Crippen LogP contribution in [0.1, 0.15) is 0 Å². The maximum atomic E-state index is 8.64. The standard InChI is InChI=1S/C6H11NO2/c1-7-5-3-4-6(8)9-2/h3-5,7-8H,1-2H3/b5-3+,6-4+. The second-order valence-corrected chi connectivity index (χ2v) is 1.36. The van der Waals surface area contributed by atoms with Crippen LogP contribution in [-0.4, -0.2) is 19.3 Å². The van der Waals surface area contributed by atoms with E-state index in [9.17, 15) is 0 Å². The Kier molecular flexibility index (Phi) is 4.40. The van der Waals surface area contributed by atoms with Crippen LogP contribution in [0.3, 0.4) is 0 Å². The Morgan fingerprint density at radius 3 is 2.78 bits per heavy atom. The van der Waals surface area contributed by atoms with Crippen molar-refractivity contribution in [3.05, 3.63) is 24.3 Å². The predicted molar refractivity (Wildman–Crippen MR) is 35.9 cm³/mol. The summed E-state index contributed by atoms with van der Waals surface area (Å²) in [5.74, 6) is -0.0958. The van der Waals surface area contributed by atoms with Crippen LogP contribution < -0.4 is 5.32 Å². The van der Waals surface area contributed by atoms with Crippen LogP contribution in [0.4, 0.5) is 0 Å². The van der Waals surface area contributed by atoms with E-state index in [1.165, 1.54) is 13.2 Å². The minimum Gasteiger partial charge on any atom is -0.481 e. The minimum absolute atomic E-state index is 0.0958. The molecule has 0 aromatic rings. The Morgan fingerprint density at radius 1 is 1.67 bits per heavy atom. The molecule has 0 radical (unpaired) electrons. The highest BCUT2D eigenvalue weighted by atomic mass is 16.6. The Balaban J connectivity index is 3.55. The van der Waals surface area contributed by atoms with Crippen molar-refractivity contribution in [2.45, 2.75) is 0 Å². The molecule has 9 heavy (non-hydrogen) atoms. The van der Waals surface area contributed by atoms with Crippen molar-refractivity contribution in [3.63, 3.8) is 0 Å². The van der Waals surface area contributed by atoms with Crippen LogP contribution in [0.25, 0.3) is 0 Å². The number of nitrogens with one attached hydrogen (secondary N) is 1. The molecule has 0 unspecified atom stereocenters. The van der Waals surface area contributed by atoms with Gasteiger partial charge in [-0.2, -0.15) is 0 Å². The van der Waals surface area contributed by atoms with Crippen molar-refractivity contribution in [2.24, 2.45) is 0 Å². The van der Waals surface area contributed by atoms with Gasteiger partial charge in [-0.3, -0.25) is 0 Å². The monoisotopic (exact) mass is 129 g/mol. The molecule has 0 rings (SSSR count). The third kappa shape index (κ3) is 4.74. The summed E-state index contributed by atoms with van der Waals surface area (Å²) in [4.78, 5) is 0. The van der Waals surface area contributed by atoms with Crippen molar-refractivity contribution < 1.29 is 9.84 Å². The van der Waals surface area contributed by atoms with Gasteiger partial charge in [-0.05, 0) is 12.3 Å². The van der Waals surface area contributed by atoms with Crippen LogP contribution in [0.2, 0.25) is 0 Å². The molecule has 52 valence electrons. The Hall–Kier alpha value is -1.12. The summed E-state index contributed by atoms with van der Waals surface area (Å²) in [6.07, 6.45) is 4.75. The van der Waals surface area contributed by atoms with Gasteiger partial charge < -0.3 is 15.2 Å². The van der Waals surface area contributed by atoms with Gasteiger partial charge in [0.05, 0.1) is 7.11 Å². The lowest BCUT2D eigenvalue weighted by Crippen LogP contribution is -1.90. The topological polar surface area (TPSA) is 41.5 Å². The number of aliphatic hydroxyl groups is 1. The molecule has 0 aliphatic rings. The Labute approximate surface area is 54.6 Å². The fourth-order valence-electron chi connectivity index (χ4n) is 0.295. The van der Waals surface area contributed by atoms with Crippen LogP contribution in [0, 0.1) is 0 Å². The van der Waals surface area contributed by atoms with E-state index in [-0.39, 0.29) is 5.95 Å². The molecule has 0 aliphatic heterocycles. The van der Waals surface area contributed by atoms with Crippen LogP contribution in [0.5, 0.6) is 0 Å². The molecular formula is C6H11NO2. The van der Waals surface area contributed by atoms with Gasteiger partial charge in [-0.25, -0.2) is 0 Å². The molecule has 3 heteroatoms. The van der Waals surface area contributed by atoms with Crippen molar-refractivity contribution in [2.75, 3.05) is 14.2 Å². The molecule has 0 atom stereocenters. The molecule has 3 nitrogen and oxygen atoms in total. The maximum absolute atomic E-state index is 8.64. The lowest BCUT2D eigenvalue weighted by Gasteiger charge is -1.91. The van der Waals surface area contributed by atoms with E-state index in [1.54, 1.807) is 19.3 Å². The van der Waals surface area contributed by atoms with Gasteiger partial charge in [0.2, 0.25) is 0 Å². The van der Waals surface area contributed by atoms with Crippen LogP contribution in [-0.2, 0) is 4.74 Å². The third-order valence-electron chi connectivity index (χ3n) is 0.711. The SMILES string of the molecule is CN/C=C/C=C(\O)OC. The number of rotatable bonds is 3. The first-order valence-electron chi connectivity index (χ1n) is 2.58. The van der Waals surface area contributed by atoms with Crippen molar-refractivity contribution >= 4 is 0 Å². The quantitative estimate of drug-likeness (QED) is 0.436. The molecule has 0 aromatic carbocycles. The van der Waals surface area contributed by atoms with Crippen LogP contribution >= 0.6 is 0 Å². The summed E-state index contributed by atoms with van der Waals surface area (Å²) in [5.41, 5.74) is 0. The van der Waals surface area contributed by atoms with Gasteiger partial charge >= 0.3 is 0 Å². The van der Waals surface area contributed by atoms with E-state index in [1.807, 2.05) is 0 Å². The molecule has 0 saturated carbocycles. The largest absolute Gasteiger partial charge is 0.481 e. The Morgan fingerprint density at radius 2 is 2.33 bits per heavy atom. The average molecular weight is 129 g/mol. The smallest absolute Gasteiger partial charge is 0.276 e. The summed E-state index contributed by atoms with van der Waals surface area (Å²) in [5, 5.41) is 11.4. The molecule has 0 amide bonds. The fourth-order valence-corrected chi connectivity index (χ4v) is 0.295. The molecular weight excluding hydrogens is 118 g/mol. The summed E-state index contributed by atoms with van der Waals surface area (Å²) in [7, 11) is 3.17. The number of allylic oxidation sites excluding steroid dienone is 2. The molecule has 2 N–H and O–H groups in total. The summed E-state index contributed by atoms with van der Waals surface area (Å²) in [6.45, 7) is 0. The first kappa shape index (κ1) is 7.88. The van der Waals surface area contributed by atoms with E-state index in [4.69, 9.17) is 5.11 Å². The second-order valence-electron chi connectivity index (χ2n) is 1.36.